The SMILES string of the molecule is CC1CCCCCCC(O)(C(F)(F)F)c2nnc(o2)-c2nc1c(C(F)(F)F)cc2NC(=O)OC(C)(C)C. The summed E-state index contributed by atoms with van der Waals surface area (Å²) in [7, 11) is 0. The number of carbonyl (C=O) groups is 1. The summed E-state index contributed by atoms with van der Waals surface area (Å²) in [6, 6.07) is 0.615. The first-order chi connectivity index (χ1) is 16.9. The Morgan fingerprint density at radius 2 is 1.76 bits per heavy atom. The lowest BCUT2D eigenvalue weighted by Gasteiger charge is -2.27. The van der Waals surface area contributed by atoms with E-state index in [0.29, 0.717) is 25.3 Å². The van der Waals surface area contributed by atoms with Crippen LogP contribution in [0.25, 0.3) is 11.6 Å². The third-order valence-corrected chi connectivity index (χ3v) is 5.84. The zero-order chi connectivity index (χ0) is 27.8. The van der Waals surface area contributed by atoms with Crippen LogP contribution in [0.5, 0.6) is 0 Å². The number of alkyl halides is 6. The highest BCUT2D eigenvalue weighted by Gasteiger charge is 2.58. The minimum atomic E-state index is -5.17. The zero-order valence-corrected chi connectivity index (χ0v) is 20.7. The number of anilines is 1. The predicted molar refractivity (Wildman–Crippen MR) is 118 cm³/mol. The Kier molecular flexibility index (Phi) is 7.83. The first-order valence-corrected chi connectivity index (χ1v) is 11.7. The quantitative estimate of drug-likeness (QED) is 0.389. The van der Waals surface area contributed by atoms with E-state index < -0.39 is 70.7 Å². The maximum Gasteiger partial charge on any atom is 0.426 e. The molecule has 0 fully saturated rings. The fourth-order valence-corrected chi connectivity index (χ4v) is 3.98. The number of aliphatic hydroxyl groups is 1. The molecule has 4 bridgehead atoms. The highest BCUT2D eigenvalue weighted by atomic mass is 19.4. The van der Waals surface area contributed by atoms with Crippen LogP contribution in [0.15, 0.2) is 10.5 Å². The van der Waals surface area contributed by atoms with Crippen molar-refractivity contribution in [3.8, 4) is 11.6 Å². The number of carbonyl (C=O) groups excluding carboxylic acids is 1. The van der Waals surface area contributed by atoms with Gasteiger partial charge in [-0.05, 0) is 52.0 Å². The Labute approximate surface area is 208 Å². The largest absolute Gasteiger partial charge is 0.444 e. The average molecular weight is 538 g/mol. The maximum atomic E-state index is 14.0. The second-order valence-electron chi connectivity index (χ2n) is 10.1. The van der Waals surface area contributed by atoms with E-state index in [4.69, 9.17) is 9.15 Å². The van der Waals surface area contributed by atoms with Crippen molar-refractivity contribution in [3.63, 3.8) is 0 Å². The van der Waals surface area contributed by atoms with Gasteiger partial charge in [0.1, 0.15) is 5.60 Å². The van der Waals surface area contributed by atoms with E-state index in [0.717, 1.165) is 0 Å². The molecule has 0 saturated heterocycles. The van der Waals surface area contributed by atoms with E-state index in [2.05, 4.69) is 20.5 Å². The molecule has 3 heterocycles. The summed E-state index contributed by atoms with van der Waals surface area (Å²) in [6.45, 7) is 6.15. The van der Waals surface area contributed by atoms with Crippen LogP contribution >= 0.6 is 0 Å². The number of nitrogens with zero attached hydrogens (tertiary/aromatic N) is 3. The van der Waals surface area contributed by atoms with E-state index >= 15 is 0 Å². The fraction of sp³-hybridized carbons (Fsp3) is 0.652. The van der Waals surface area contributed by atoms with Gasteiger partial charge in [-0.3, -0.25) is 5.32 Å². The number of amides is 1. The smallest absolute Gasteiger partial charge is 0.426 e. The number of nitrogens with one attached hydrogen (secondary N) is 1. The Hall–Kier alpha value is -2.90. The minimum Gasteiger partial charge on any atom is -0.444 e. The molecule has 1 aliphatic rings. The van der Waals surface area contributed by atoms with Crippen molar-refractivity contribution in [3.05, 3.63) is 23.2 Å². The van der Waals surface area contributed by atoms with Crippen molar-refractivity contribution < 1.29 is 45.4 Å². The van der Waals surface area contributed by atoms with E-state index in [1.165, 1.54) is 20.8 Å². The lowest BCUT2D eigenvalue weighted by atomic mass is 9.92. The van der Waals surface area contributed by atoms with Crippen LogP contribution in [-0.4, -0.2) is 38.2 Å². The number of halogens is 6. The first-order valence-electron chi connectivity index (χ1n) is 11.7. The van der Waals surface area contributed by atoms with Crippen LogP contribution in [0.4, 0.5) is 36.8 Å². The van der Waals surface area contributed by atoms with Gasteiger partial charge in [-0.15, -0.1) is 10.2 Å². The summed E-state index contributed by atoms with van der Waals surface area (Å²) >= 11 is 0. The maximum absolute atomic E-state index is 14.0. The number of ether oxygens (including phenoxy) is 1. The van der Waals surface area contributed by atoms with Gasteiger partial charge in [0.15, 0.2) is 5.69 Å². The number of fused-ring (bicyclic) bond motifs is 5. The van der Waals surface area contributed by atoms with Crippen molar-refractivity contribution in [1.29, 1.82) is 0 Å². The highest BCUT2D eigenvalue weighted by molar-refractivity contribution is 5.89. The number of aromatic nitrogens is 3. The summed E-state index contributed by atoms with van der Waals surface area (Å²) in [5, 5.41) is 19.6. The van der Waals surface area contributed by atoms with Crippen LogP contribution in [-0.2, 0) is 16.5 Å². The second-order valence-corrected chi connectivity index (χ2v) is 10.1. The van der Waals surface area contributed by atoms with Gasteiger partial charge in [-0.2, -0.15) is 26.3 Å². The zero-order valence-electron chi connectivity index (χ0n) is 20.7. The molecule has 14 heteroatoms. The fourth-order valence-electron chi connectivity index (χ4n) is 3.98. The molecule has 2 aromatic rings. The Balaban J connectivity index is 2.24. The Morgan fingerprint density at radius 1 is 1.11 bits per heavy atom. The molecule has 8 nitrogen and oxygen atoms in total. The normalized spacial score (nSPS) is 21.8. The second kappa shape index (κ2) is 10.1. The molecule has 2 atom stereocenters. The van der Waals surface area contributed by atoms with Gasteiger partial charge < -0.3 is 14.3 Å². The van der Waals surface area contributed by atoms with E-state index in [1.807, 2.05) is 0 Å². The molecule has 2 aromatic heterocycles. The molecule has 206 valence electrons. The summed E-state index contributed by atoms with van der Waals surface area (Å²) in [4.78, 5) is 16.4. The van der Waals surface area contributed by atoms with Crippen molar-refractivity contribution in [2.45, 2.75) is 95.7 Å². The molecule has 0 spiro atoms. The number of hydrogen-bond acceptors (Lipinski definition) is 7. The van der Waals surface area contributed by atoms with Crippen molar-refractivity contribution >= 4 is 11.8 Å². The van der Waals surface area contributed by atoms with Gasteiger partial charge in [0, 0.05) is 0 Å². The van der Waals surface area contributed by atoms with Gasteiger partial charge in [0.25, 0.3) is 11.8 Å². The number of hydrogen-bond donors (Lipinski definition) is 2. The average Bonchev–Trinajstić information content (AvgIpc) is 3.22. The Bertz CT molecular complexity index is 1130. The molecule has 0 radical (unpaired) electrons. The molecule has 37 heavy (non-hydrogen) atoms. The van der Waals surface area contributed by atoms with Gasteiger partial charge >= 0.3 is 18.4 Å². The van der Waals surface area contributed by atoms with E-state index in [1.54, 1.807) is 6.92 Å². The lowest BCUT2D eigenvalue weighted by Crippen LogP contribution is -2.42. The van der Waals surface area contributed by atoms with Gasteiger partial charge in [-0.1, -0.05) is 26.2 Å². The molecule has 2 unspecified atom stereocenters. The Morgan fingerprint density at radius 3 is 2.35 bits per heavy atom. The van der Waals surface area contributed by atoms with E-state index in [-0.39, 0.29) is 18.5 Å². The van der Waals surface area contributed by atoms with Gasteiger partial charge in [-0.25, -0.2) is 9.78 Å². The highest BCUT2D eigenvalue weighted by Crippen LogP contribution is 2.45. The van der Waals surface area contributed by atoms with Gasteiger partial charge in [0.05, 0.1) is 16.9 Å². The molecule has 0 aliphatic carbocycles. The molecular formula is C23H28F6N4O4. The molecule has 1 amide bonds. The van der Waals surface area contributed by atoms with E-state index in [9.17, 15) is 36.2 Å². The molecule has 1 aliphatic heterocycles. The van der Waals surface area contributed by atoms with Crippen LogP contribution in [0.3, 0.4) is 0 Å². The predicted octanol–water partition coefficient (Wildman–Crippen LogP) is 6.71. The molecular weight excluding hydrogens is 510 g/mol. The third kappa shape index (κ3) is 6.51. The standard InChI is InChI=1S/C23H28F6N4O4/c1-12-9-7-5-6-8-10-21(35,23(27,28)29)18-33-32-17(36-18)16-14(30-19(34)37-20(2,3)4)11-13(15(12)31-16)22(24,25)26/h11-12,35H,5-10H2,1-4H3,(H,30,34). The van der Waals surface area contributed by atoms with Crippen LogP contribution < -0.4 is 5.32 Å². The van der Waals surface area contributed by atoms with Crippen molar-refractivity contribution in [2.75, 3.05) is 5.32 Å². The van der Waals surface area contributed by atoms with Crippen LogP contribution in [0, 0.1) is 0 Å². The third-order valence-electron chi connectivity index (χ3n) is 5.84. The summed E-state index contributed by atoms with van der Waals surface area (Å²) in [5.41, 5.74) is -7.04. The van der Waals surface area contributed by atoms with Crippen molar-refractivity contribution in [2.24, 2.45) is 0 Å². The van der Waals surface area contributed by atoms with Gasteiger partial charge in [0.2, 0.25) is 5.60 Å². The molecule has 0 aromatic carbocycles. The minimum absolute atomic E-state index is 0.0368. The summed E-state index contributed by atoms with van der Waals surface area (Å²) in [5.74, 6) is -2.57. The lowest BCUT2D eigenvalue weighted by molar-refractivity contribution is -0.277. The van der Waals surface area contributed by atoms with Crippen LogP contribution in [0.1, 0.15) is 89.3 Å². The number of rotatable bonds is 1. The molecule has 3 rings (SSSR count). The molecule has 2 N–H and O–H groups in total. The number of pyridine rings is 1. The summed E-state index contributed by atoms with van der Waals surface area (Å²) < 4.78 is 93.9. The first kappa shape index (κ1) is 28.7. The van der Waals surface area contributed by atoms with Crippen LogP contribution in [0.2, 0.25) is 0 Å². The molecule has 0 saturated carbocycles. The van der Waals surface area contributed by atoms with Crippen molar-refractivity contribution in [1.82, 2.24) is 15.2 Å². The monoisotopic (exact) mass is 538 g/mol. The summed E-state index contributed by atoms with van der Waals surface area (Å²) in [6.07, 6.45) is -10.5. The topological polar surface area (TPSA) is 110 Å².